The second-order valence-electron chi connectivity index (χ2n) is 24.8. The quantitative estimate of drug-likeness (QED) is 0.161. The summed E-state index contributed by atoms with van der Waals surface area (Å²) in [6.07, 6.45) is 0. The predicted molar refractivity (Wildman–Crippen MR) is 442 cm³/mol. The first-order valence-electron chi connectivity index (χ1n) is 28.9. The topological polar surface area (TPSA) is 48.5 Å². The van der Waals surface area contributed by atoms with Gasteiger partial charge in [0, 0.05) is 38.9 Å². The van der Waals surface area contributed by atoms with Gasteiger partial charge in [-0.15, -0.1) is 43.7 Å². The van der Waals surface area contributed by atoms with Crippen LogP contribution in [0.25, 0.3) is 89.2 Å². The van der Waals surface area contributed by atoms with Gasteiger partial charge in [-0.1, -0.05) is 115 Å². The van der Waals surface area contributed by atoms with E-state index in [2.05, 4.69) is 237 Å². The van der Waals surface area contributed by atoms with Crippen LogP contribution in [0.15, 0.2) is 0 Å². The summed E-state index contributed by atoms with van der Waals surface area (Å²) in [4.78, 5) is 17.9. The van der Waals surface area contributed by atoms with Gasteiger partial charge in [0.2, 0.25) is 5.95 Å². The molecule has 10 rings (SSSR count). The third kappa shape index (κ3) is 7.68. The van der Waals surface area contributed by atoms with E-state index in [1.54, 1.807) is 0 Å². The first kappa shape index (κ1) is 57.3. The molecule has 0 saturated carbocycles. The van der Waals surface area contributed by atoms with Crippen molar-refractivity contribution in [1.82, 2.24) is 24.1 Å². The van der Waals surface area contributed by atoms with Gasteiger partial charge in [-0.2, -0.15) is 9.97 Å². The van der Waals surface area contributed by atoms with Gasteiger partial charge in [0.1, 0.15) is 228 Å². The molecular formula is C45H58B29N5. The van der Waals surface area contributed by atoms with E-state index >= 15 is 0 Å². The number of fused-ring (bicyclic) bond motifs is 6. The molecule has 5 nitrogen and oxygen atoms in total. The van der Waals surface area contributed by atoms with Crippen LogP contribution in [0.5, 0.6) is 0 Å². The van der Waals surface area contributed by atoms with Crippen LogP contribution in [0, 0.1) is 0 Å². The van der Waals surface area contributed by atoms with Crippen LogP contribution >= 0.6 is 0 Å². The summed E-state index contributed by atoms with van der Waals surface area (Å²) in [5.74, 6) is 2.03. The number of benzene rings is 7. The fourth-order valence-corrected chi connectivity index (χ4v) is 14.6. The van der Waals surface area contributed by atoms with Crippen LogP contribution < -0.4 is 158 Å². The van der Waals surface area contributed by atoms with Crippen molar-refractivity contribution < 1.29 is 0 Å². The van der Waals surface area contributed by atoms with Crippen molar-refractivity contribution in [3.05, 3.63) is 0 Å². The summed E-state index contributed by atoms with van der Waals surface area (Å²) in [5, 5.41) is 5.27. The largest absolute Gasteiger partial charge is 0.310 e. The number of nitrogens with zero attached hydrogens (tertiary/aromatic N) is 5. The van der Waals surface area contributed by atoms with Crippen LogP contribution in [0.4, 0.5) is 0 Å². The lowest BCUT2D eigenvalue weighted by Crippen LogP contribution is -2.57. The molecule has 3 heterocycles. The molecule has 350 valence electrons. The normalized spacial score (nSPS) is 11.7. The highest BCUT2D eigenvalue weighted by Gasteiger charge is 2.32. The summed E-state index contributed by atoms with van der Waals surface area (Å²) < 4.78 is 5.12. The van der Waals surface area contributed by atoms with E-state index in [-0.39, 0.29) is 0 Å². The zero-order chi connectivity index (χ0) is 58.3. The number of rotatable bonds is 5. The molecule has 7 aromatic carbocycles. The zero-order valence-electron chi connectivity index (χ0n) is 53.7. The molecule has 0 atom stereocenters. The van der Waals surface area contributed by atoms with Crippen molar-refractivity contribution in [1.29, 1.82) is 0 Å². The molecule has 0 saturated heterocycles. The van der Waals surface area contributed by atoms with E-state index in [4.69, 9.17) is 15.0 Å². The molecule has 3 aromatic heterocycles. The predicted octanol–water partition coefficient (Wildman–Crippen LogP) is -39.4. The summed E-state index contributed by atoms with van der Waals surface area (Å²) in [6, 6.07) is 0. The van der Waals surface area contributed by atoms with Crippen molar-refractivity contribution >= 4 is 430 Å². The Morgan fingerprint density at radius 2 is 0.392 bits per heavy atom. The SMILES string of the molecule is Bc1c(B)c(B)c(-c2c(B)c(B)c(-c3nc(-c4c(B)c(B)c(B)c(B)c4-n4c5c(B)c(B)c(B)c(B)c5c5c(B)c(B)c(B)c(B)c54)nc(-n4c5c(B)c(B)c(B)c(B)c5c5c(B)c(B)c(B)c(B)c54)n3)c(B)c2B)c(B)c1B. The molecule has 0 spiro atoms. The van der Waals surface area contributed by atoms with Gasteiger partial charge in [-0.25, -0.2) is 4.98 Å². The first-order chi connectivity index (χ1) is 36.9. The second-order valence-corrected chi connectivity index (χ2v) is 24.8. The number of aromatic nitrogens is 5. The zero-order valence-corrected chi connectivity index (χ0v) is 53.7. The van der Waals surface area contributed by atoms with Gasteiger partial charge in [0.05, 0.1) is 0 Å². The number of hydrogen-bond acceptors (Lipinski definition) is 3. The molecule has 0 amide bonds. The minimum Gasteiger partial charge on any atom is -0.310 e. The number of hydrogen-bond donors (Lipinski definition) is 0. The lowest BCUT2D eigenvalue weighted by Gasteiger charge is -2.28. The molecule has 0 aliphatic heterocycles. The Bertz CT molecular complexity index is 4330. The molecule has 0 aliphatic rings. The molecule has 0 unspecified atom stereocenters. The highest BCUT2D eigenvalue weighted by atomic mass is 15.2. The highest BCUT2D eigenvalue weighted by Crippen LogP contribution is 2.32. The Labute approximate surface area is 495 Å². The van der Waals surface area contributed by atoms with Crippen molar-refractivity contribution in [2.24, 2.45) is 0 Å². The standard InChI is InChI=1S/C45H58B29N5/c46-9-1(2-11(48)20(57)27(64)21(58)12(2)49)10(47)18(55)7(17(9)54)43-75-44(77-45(76-43)79-40-5(15(52)24(61)30(67)35(40)72)6-16(53)25(62)31(68)36(73)41(6)79)8-19(56)26(63)32(69)37(74)42(8)78-38-3(13(50)22(59)28(65)33(38)70)4-14(51)23(60)29(66)34(71)39(4)78/h46-74H2. The molecule has 79 heavy (non-hydrogen) atoms. The Kier molecular flexibility index (Phi) is 14.2. The van der Waals surface area contributed by atoms with Gasteiger partial charge < -0.3 is 4.57 Å². The molecule has 10 aromatic rings. The van der Waals surface area contributed by atoms with E-state index in [0.29, 0.717) is 17.6 Å². The summed E-state index contributed by atoms with van der Waals surface area (Å²) >= 11 is 0. The van der Waals surface area contributed by atoms with Gasteiger partial charge in [0.15, 0.2) is 11.6 Å². The molecular weight excluding hydrogens is 924 g/mol. The minimum atomic E-state index is 0.645. The third-order valence-electron chi connectivity index (χ3n) is 22.0. The minimum absolute atomic E-state index is 0.645. The van der Waals surface area contributed by atoms with E-state index in [9.17, 15) is 0 Å². The average Bonchev–Trinajstić information content (AvgIpc) is 4.17. The van der Waals surface area contributed by atoms with Crippen LogP contribution in [0.2, 0.25) is 0 Å². The van der Waals surface area contributed by atoms with Gasteiger partial charge >= 0.3 is 0 Å². The second kappa shape index (κ2) is 19.6. The third-order valence-corrected chi connectivity index (χ3v) is 22.0. The fraction of sp³-hybridized carbons (Fsp3) is 0. The van der Waals surface area contributed by atoms with Gasteiger partial charge in [0.25, 0.3) is 0 Å². The lowest BCUT2D eigenvalue weighted by atomic mass is 9.56. The maximum absolute atomic E-state index is 6.01. The highest BCUT2D eigenvalue weighted by molar-refractivity contribution is 6.76. The monoisotopic (exact) mass is 988 g/mol. The van der Waals surface area contributed by atoms with Crippen LogP contribution in [0.1, 0.15) is 0 Å². The Morgan fingerprint density at radius 1 is 0.177 bits per heavy atom. The van der Waals surface area contributed by atoms with Crippen LogP contribution in [-0.4, -0.2) is 252 Å². The Morgan fingerprint density at radius 3 is 0.722 bits per heavy atom. The summed E-state index contributed by atoms with van der Waals surface area (Å²) in [6.45, 7) is 0. The van der Waals surface area contributed by atoms with Crippen molar-refractivity contribution in [2.45, 2.75) is 0 Å². The molecule has 0 radical (unpaired) electrons. The maximum Gasteiger partial charge on any atom is 0.238 e. The maximum atomic E-state index is 6.01. The molecule has 0 fully saturated rings. The fourth-order valence-electron chi connectivity index (χ4n) is 14.6. The summed E-state index contributed by atoms with van der Waals surface area (Å²) in [5.41, 5.74) is 48.6. The van der Waals surface area contributed by atoms with E-state index in [1.807, 2.05) is 0 Å². The molecule has 0 bridgehead atoms. The average molecular weight is 983 g/mol. The van der Waals surface area contributed by atoms with Crippen molar-refractivity contribution in [3.63, 3.8) is 0 Å². The van der Waals surface area contributed by atoms with Gasteiger partial charge in [-0.3, -0.25) is 4.57 Å². The van der Waals surface area contributed by atoms with Crippen LogP contribution in [-0.2, 0) is 0 Å². The summed E-state index contributed by atoms with van der Waals surface area (Å²) in [7, 11) is 67.1. The van der Waals surface area contributed by atoms with Crippen molar-refractivity contribution in [2.75, 3.05) is 0 Å². The van der Waals surface area contributed by atoms with Gasteiger partial charge in [-0.05, 0) is 32.7 Å². The van der Waals surface area contributed by atoms with Crippen LogP contribution in [0.3, 0.4) is 0 Å². The van der Waals surface area contributed by atoms with E-state index in [0.717, 1.165) is 16.8 Å². The Balaban J connectivity index is 1.48. The first-order valence-corrected chi connectivity index (χ1v) is 28.9. The lowest BCUT2D eigenvalue weighted by molar-refractivity contribution is 0.957. The van der Waals surface area contributed by atoms with E-state index < -0.39 is 0 Å². The molecule has 34 heteroatoms. The Hall–Kier alpha value is -4.97. The smallest absolute Gasteiger partial charge is 0.238 e. The molecule has 0 N–H and O–H groups in total. The van der Waals surface area contributed by atoms with E-state index in [1.165, 1.54) is 213 Å². The molecule has 0 aliphatic carbocycles. The van der Waals surface area contributed by atoms with Crippen molar-refractivity contribution in [3.8, 4) is 45.5 Å².